The maximum atomic E-state index is 13.4. The van der Waals surface area contributed by atoms with E-state index < -0.39 is 23.6 Å². The van der Waals surface area contributed by atoms with Gasteiger partial charge in [0.2, 0.25) is 11.8 Å². The molecule has 1 saturated heterocycles. The second kappa shape index (κ2) is 7.33. The van der Waals surface area contributed by atoms with Gasteiger partial charge in [0, 0.05) is 22.3 Å². The number of benzene rings is 2. The third kappa shape index (κ3) is 3.15. The first kappa shape index (κ1) is 19.7. The lowest BCUT2D eigenvalue weighted by Crippen LogP contribution is -2.53. The van der Waals surface area contributed by atoms with Gasteiger partial charge in [0.05, 0.1) is 24.8 Å². The highest BCUT2D eigenvalue weighted by molar-refractivity contribution is 6.31. The van der Waals surface area contributed by atoms with E-state index in [9.17, 15) is 14.7 Å². The van der Waals surface area contributed by atoms with Gasteiger partial charge in [-0.25, -0.2) is 0 Å². The van der Waals surface area contributed by atoms with Gasteiger partial charge in [-0.05, 0) is 37.6 Å². The second-order valence-corrected chi connectivity index (χ2v) is 7.86. The van der Waals surface area contributed by atoms with E-state index in [1.807, 2.05) is 18.2 Å². The van der Waals surface area contributed by atoms with Gasteiger partial charge >= 0.3 is 0 Å². The third-order valence-electron chi connectivity index (χ3n) is 5.70. The second-order valence-electron chi connectivity index (χ2n) is 7.42. The fourth-order valence-electron chi connectivity index (χ4n) is 4.27. The van der Waals surface area contributed by atoms with Crippen LogP contribution >= 0.6 is 11.6 Å². The SMILES string of the molecule is COc1ccc(Cl)cc1NC(=O)[C@H]1C[C@H](C(C)O)N[C@]12C(=O)Nc1ccccc12. The van der Waals surface area contributed by atoms with Crippen molar-refractivity contribution in [3.8, 4) is 5.75 Å². The number of aliphatic hydroxyl groups is 1. The monoisotopic (exact) mass is 415 g/mol. The Bertz CT molecular complexity index is 980. The number of methoxy groups -OCH3 is 1. The molecule has 1 fully saturated rings. The number of hydrogen-bond acceptors (Lipinski definition) is 5. The maximum absolute atomic E-state index is 13.4. The molecule has 7 nitrogen and oxygen atoms in total. The van der Waals surface area contributed by atoms with Crippen LogP contribution in [0.4, 0.5) is 11.4 Å². The summed E-state index contributed by atoms with van der Waals surface area (Å²) in [6, 6.07) is 11.8. The van der Waals surface area contributed by atoms with Gasteiger partial charge in [-0.2, -0.15) is 0 Å². The molecular weight excluding hydrogens is 394 g/mol. The smallest absolute Gasteiger partial charge is 0.250 e. The number of halogens is 1. The maximum Gasteiger partial charge on any atom is 0.250 e. The summed E-state index contributed by atoms with van der Waals surface area (Å²) in [5.41, 5.74) is 0.529. The molecule has 0 aromatic heterocycles. The van der Waals surface area contributed by atoms with Crippen molar-refractivity contribution < 1.29 is 19.4 Å². The summed E-state index contributed by atoms with van der Waals surface area (Å²) in [6.07, 6.45) is -0.431. The molecule has 4 rings (SSSR count). The first-order chi connectivity index (χ1) is 13.9. The summed E-state index contributed by atoms with van der Waals surface area (Å²) < 4.78 is 5.31. The lowest BCUT2D eigenvalue weighted by molar-refractivity contribution is -0.130. The minimum atomic E-state index is -1.26. The molecule has 0 saturated carbocycles. The molecule has 8 heteroatoms. The molecule has 0 radical (unpaired) electrons. The highest BCUT2D eigenvalue weighted by atomic mass is 35.5. The molecule has 29 heavy (non-hydrogen) atoms. The summed E-state index contributed by atoms with van der Waals surface area (Å²) >= 11 is 6.08. The summed E-state index contributed by atoms with van der Waals surface area (Å²) in [5.74, 6) is -0.936. The zero-order valence-corrected chi connectivity index (χ0v) is 16.8. The Morgan fingerprint density at radius 1 is 1.34 bits per heavy atom. The van der Waals surface area contributed by atoms with Gasteiger partial charge < -0.3 is 20.5 Å². The Hall–Kier alpha value is -2.61. The predicted octanol–water partition coefficient (Wildman–Crippen LogP) is 2.49. The first-order valence-electron chi connectivity index (χ1n) is 9.38. The van der Waals surface area contributed by atoms with E-state index in [4.69, 9.17) is 16.3 Å². The number of ether oxygens (including phenoxy) is 1. The molecule has 2 aliphatic heterocycles. The molecule has 4 N–H and O–H groups in total. The molecule has 2 aromatic rings. The Morgan fingerprint density at radius 2 is 2.10 bits per heavy atom. The normalized spacial score (nSPS) is 26.1. The fourth-order valence-corrected chi connectivity index (χ4v) is 4.44. The molecule has 4 atom stereocenters. The predicted molar refractivity (Wildman–Crippen MR) is 110 cm³/mol. The van der Waals surface area contributed by atoms with Crippen LogP contribution in [0.5, 0.6) is 5.75 Å². The van der Waals surface area contributed by atoms with Crippen LogP contribution in [0.3, 0.4) is 0 Å². The largest absolute Gasteiger partial charge is 0.495 e. The lowest BCUT2D eigenvalue weighted by Gasteiger charge is -2.29. The average Bonchev–Trinajstić information content (AvgIpc) is 3.22. The zero-order chi connectivity index (χ0) is 20.8. The number of carbonyl (C=O) groups excluding carboxylic acids is 2. The van der Waals surface area contributed by atoms with E-state index in [0.29, 0.717) is 34.1 Å². The highest BCUT2D eigenvalue weighted by Crippen LogP contribution is 2.47. The van der Waals surface area contributed by atoms with Crippen molar-refractivity contribution in [3.63, 3.8) is 0 Å². The Morgan fingerprint density at radius 3 is 2.83 bits per heavy atom. The van der Waals surface area contributed by atoms with Crippen molar-refractivity contribution in [1.82, 2.24) is 5.32 Å². The summed E-state index contributed by atoms with van der Waals surface area (Å²) in [5, 5.41) is 19.6. The Balaban J connectivity index is 1.74. The molecule has 0 bridgehead atoms. The Labute approximate surface area is 173 Å². The van der Waals surface area contributed by atoms with Gasteiger partial charge in [0.15, 0.2) is 0 Å². The zero-order valence-electron chi connectivity index (χ0n) is 16.0. The standard InChI is InChI=1S/C21H22ClN3O4/c1-11(26)16-10-14(19(27)23-17-9-12(22)7-8-18(17)29-2)21(25-16)13-5-3-4-6-15(13)24-20(21)28/h3-9,11,14,16,25-26H,10H2,1-2H3,(H,23,27)(H,24,28)/t11?,14-,16-,21+/m1/s1. The van der Waals surface area contributed by atoms with Gasteiger partial charge in [0.25, 0.3) is 0 Å². The van der Waals surface area contributed by atoms with Crippen LogP contribution in [-0.4, -0.2) is 36.2 Å². The van der Waals surface area contributed by atoms with Crippen molar-refractivity contribution in [2.75, 3.05) is 17.7 Å². The molecule has 2 aliphatic rings. The molecule has 1 unspecified atom stereocenters. The molecule has 2 heterocycles. The number of carbonyl (C=O) groups is 2. The van der Waals surface area contributed by atoms with E-state index in [0.717, 1.165) is 0 Å². The van der Waals surface area contributed by atoms with Crippen LogP contribution in [0.15, 0.2) is 42.5 Å². The summed E-state index contributed by atoms with van der Waals surface area (Å²) in [6.45, 7) is 1.64. The first-order valence-corrected chi connectivity index (χ1v) is 9.75. The fraction of sp³-hybridized carbons (Fsp3) is 0.333. The minimum absolute atomic E-state index is 0.300. The van der Waals surface area contributed by atoms with E-state index in [2.05, 4.69) is 16.0 Å². The molecule has 2 amide bonds. The van der Waals surface area contributed by atoms with Crippen molar-refractivity contribution >= 4 is 34.8 Å². The van der Waals surface area contributed by atoms with Gasteiger partial charge in [-0.1, -0.05) is 29.8 Å². The minimum Gasteiger partial charge on any atom is -0.495 e. The number of nitrogens with one attached hydrogen (secondary N) is 3. The van der Waals surface area contributed by atoms with Gasteiger partial charge in [0.1, 0.15) is 11.3 Å². The van der Waals surface area contributed by atoms with Gasteiger partial charge in [-0.15, -0.1) is 0 Å². The summed E-state index contributed by atoms with van der Waals surface area (Å²) in [7, 11) is 1.50. The molecular formula is C21H22ClN3O4. The van der Waals surface area contributed by atoms with Crippen molar-refractivity contribution in [2.45, 2.75) is 31.0 Å². The lowest BCUT2D eigenvalue weighted by atomic mass is 9.79. The molecule has 0 aliphatic carbocycles. The number of amides is 2. The quantitative estimate of drug-likeness (QED) is 0.614. The van der Waals surface area contributed by atoms with Crippen molar-refractivity contribution in [3.05, 3.63) is 53.1 Å². The average molecular weight is 416 g/mol. The van der Waals surface area contributed by atoms with E-state index in [1.54, 1.807) is 31.2 Å². The Kier molecular flexibility index (Phi) is 4.98. The van der Waals surface area contributed by atoms with Crippen LogP contribution < -0.4 is 20.7 Å². The summed E-state index contributed by atoms with van der Waals surface area (Å²) in [4.78, 5) is 26.5. The van der Waals surface area contributed by atoms with E-state index >= 15 is 0 Å². The number of rotatable bonds is 4. The van der Waals surface area contributed by atoms with Crippen LogP contribution in [0.2, 0.25) is 5.02 Å². The molecule has 2 aromatic carbocycles. The molecule has 1 spiro atoms. The van der Waals surface area contributed by atoms with Crippen LogP contribution in [0, 0.1) is 5.92 Å². The number of fused-ring (bicyclic) bond motifs is 2. The van der Waals surface area contributed by atoms with Crippen LogP contribution in [0.25, 0.3) is 0 Å². The van der Waals surface area contributed by atoms with Crippen LogP contribution in [0.1, 0.15) is 18.9 Å². The third-order valence-corrected chi connectivity index (χ3v) is 5.94. The number of anilines is 2. The van der Waals surface area contributed by atoms with Crippen LogP contribution in [-0.2, 0) is 15.1 Å². The van der Waals surface area contributed by atoms with Crippen molar-refractivity contribution in [1.29, 1.82) is 0 Å². The number of para-hydroxylation sites is 1. The number of aliphatic hydroxyl groups excluding tert-OH is 1. The van der Waals surface area contributed by atoms with Crippen molar-refractivity contribution in [2.24, 2.45) is 5.92 Å². The van der Waals surface area contributed by atoms with E-state index in [-0.39, 0.29) is 11.8 Å². The number of hydrogen-bond donors (Lipinski definition) is 4. The molecule has 152 valence electrons. The highest BCUT2D eigenvalue weighted by Gasteiger charge is 2.60. The topological polar surface area (TPSA) is 99.7 Å². The van der Waals surface area contributed by atoms with E-state index in [1.165, 1.54) is 7.11 Å². The van der Waals surface area contributed by atoms with Gasteiger partial charge in [-0.3, -0.25) is 14.9 Å².